The average Bonchev–Trinajstić information content (AvgIpc) is 2.08. The average molecular weight is 219 g/mol. The lowest BCUT2D eigenvalue weighted by molar-refractivity contribution is -0.274. The van der Waals surface area contributed by atoms with Gasteiger partial charge >= 0.3 is 6.36 Å². The molecule has 0 saturated heterocycles. The number of carbonyl (C=O) groups excluding carboxylic acids is 1. The van der Waals surface area contributed by atoms with Crippen LogP contribution in [0.1, 0.15) is 5.56 Å². The zero-order chi connectivity index (χ0) is 11.5. The topological polar surface area (TPSA) is 38.3 Å². The number of nitrogens with one attached hydrogen (secondary N) is 1. The Bertz CT molecular complexity index is 363. The summed E-state index contributed by atoms with van der Waals surface area (Å²) in [5.74, 6) is -0.430. The van der Waals surface area contributed by atoms with E-state index in [1.54, 1.807) is 6.92 Å². The van der Waals surface area contributed by atoms with E-state index in [0.29, 0.717) is 5.56 Å². The molecule has 1 amide bonds. The molecule has 1 N–H and O–H groups in total. The molecule has 1 rings (SSSR count). The van der Waals surface area contributed by atoms with Crippen LogP contribution in [-0.4, -0.2) is 12.8 Å². The van der Waals surface area contributed by atoms with Gasteiger partial charge in [-0.05, 0) is 24.6 Å². The zero-order valence-corrected chi connectivity index (χ0v) is 7.76. The van der Waals surface area contributed by atoms with E-state index in [1.807, 2.05) is 0 Å². The van der Waals surface area contributed by atoms with Crippen molar-refractivity contribution in [2.24, 2.45) is 0 Å². The van der Waals surface area contributed by atoms with Gasteiger partial charge in [-0.1, -0.05) is 6.07 Å². The molecule has 15 heavy (non-hydrogen) atoms. The number of halogens is 3. The minimum absolute atomic E-state index is 0.0117. The zero-order valence-electron chi connectivity index (χ0n) is 7.76. The van der Waals surface area contributed by atoms with E-state index >= 15 is 0 Å². The van der Waals surface area contributed by atoms with Crippen LogP contribution in [0.4, 0.5) is 18.9 Å². The molecular formula is C9H8F3NO2. The molecular weight excluding hydrogens is 211 g/mol. The fourth-order valence-corrected chi connectivity index (χ4v) is 1.03. The summed E-state index contributed by atoms with van der Waals surface area (Å²) in [5.41, 5.74) is 0.705. The van der Waals surface area contributed by atoms with Gasteiger partial charge in [0.25, 0.3) is 0 Å². The monoisotopic (exact) mass is 219 g/mol. The Morgan fingerprint density at radius 1 is 1.40 bits per heavy atom. The summed E-state index contributed by atoms with van der Waals surface area (Å²) < 4.78 is 39.5. The van der Waals surface area contributed by atoms with Crippen molar-refractivity contribution in [3.05, 3.63) is 23.8 Å². The first-order valence-electron chi connectivity index (χ1n) is 3.99. The molecule has 0 aliphatic heterocycles. The molecule has 0 atom stereocenters. The summed E-state index contributed by atoms with van der Waals surface area (Å²) in [4.78, 5) is 10.2. The Morgan fingerprint density at radius 3 is 2.60 bits per heavy atom. The number of ether oxygens (including phenoxy) is 1. The van der Waals surface area contributed by atoms with Crippen LogP contribution in [0.15, 0.2) is 18.2 Å². The Labute approximate surface area is 83.8 Å². The lowest BCUT2D eigenvalue weighted by atomic mass is 10.2. The Balaban J connectivity index is 3.00. The van der Waals surface area contributed by atoms with Gasteiger partial charge in [0.2, 0.25) is 6.41 Å². The van der Waals surface area contributed by atoms with Crippen LogP contribution in [0.25, 0.3) is 0 Å². The second-order valence-electron chi connectivity index (χ2n) is 2.81. The highest BCUT2D eigenvalue weighted by molar-refractivity contribution is 5.75. The predicted octanol–water partition coefficient (Wildman–Crippen LogP) is 2.46. The molecule has 6 heteroatoms. The summed E-state index contributed by atoms with van der Waals surface area (Å²) in [6, 6.07) is 3.99. The van der Waals surface area contributed by atoms with Crippen LogP contribution in [0.2, 0.25) is 0 Å². The van der Waals surface area contributed by atoms with Crippen LogP contribution in [-0.2, 0) is 4.79 Å². The molecule has 82 valence electrons. The number of alkyl halides is 3. The van der Waals surface area contributed by atoms with Gasteiger partial charge in [-0.3, -0.25) is 4.79 Å². The van der Waals surface area contributed by atoms with Crippen LogP contribution >= 0.6 is 0 Å². The lowest BCUT2D eigenvalue weighted by Gasteiger charge is -2.12. The third-order valence-electron chi connectivity index (χ3n) is 1.58. The van der Waals surface area contributed by atoms with E-state index < -0.39 is 12.1 Å². The van der Waals surface area contributed by atoms with Crippen molar-refractivity contribution in [2.45, 2.75) is 13.3 Å². The quantitative estimate of drug-likeness (QED) is 0.793. The number of aryl methyl sites for hydroxylation is 1. The molecule has 3 nitrogen and oxygen atoms in total. The number of rotatable bonds is 3. The summed E-state index contributed by atoms with van der Waals surface area (Å²) in [7, 11) is 0. The predicted molar refractivity (Wildman–Crippen MR) is 47.5 cm³/mol. The number of benzene rings is 1. The highest BCUT2D eigenvalue weighted by atomic mass is 19.4. The molecule has 0 fully saturated rings. The second kappa shape index (κ2) is 4.20. The van der Waals surface area contributed by atoms with Gasteiger partial charge < -0.3 is 10.1 Å². The van der Waals surface area contributed by atoms with Gasteiger partial charge in [0.15, 0.2) is 5.75 Å². The summed E-state index contributed by atoms with van der Waals surface area (Å²) in [6.45, 7) is 1.69. The van der Waals surface area contributed by atoms with Crippen LogP contribution < -0.4 is 10.1 Å². The van der Waals surface area contributed by atoms with Crippen LogP contribution in [0, 0.1) is 6.92 Å². The smallest absolute Gasteiger partial charge is 0.404 e. The van der Waals surface area contributed by atoms with E-state index in [4.69, 9.17) is 0 Å². The molecule has 1 aromatic rings. The van der Waals surface area contributed by atoms with E-state index in [-0.39, 0.29) is 12.1 Å². The van der Waals surface area contributed by atoms with Crippen molar-refractivity contribution in [3.8, 4) is 5.75 Å². The highest BCUT2D eigenvalue weighted by Gasteiger charge is 2.32. The summed E-state index contributed by atoms with van der Waals surface area (Å²) in [5, 5.41) is 2.13. The third-order valence-corrected chi connectivity index (χ3v) is 1.58. The minimum atomic E-state index is -4.77. The van der Waals surface area contributed by atoms with Gasteiger partial charge in [-0.15, -0.1) is 13.2 Å². The van der Waals surface area contributed by atoms with E-state index in [9.17, 15) is 18.0 Å². The molecule has 0 aromatic heterocycles. The van der Waals surface area contributed by atoms with Crippen molar-refractivity contribution < 1.29 is 22.7 Å². The van der Waals surface area contributed by atoms with Gasteiger partial charge in [0.05, 0.1) is 5.69 Å². The fraction of sp³-hybridized carbons (Fsp3) is 0.222. The SMILES string of the molecule is Cc1ccc(OC(F)(F)F)c(NC=O)c1. The number of hydrogen-bond donors (Lipinski definition) is 1. The summed E-state index contributed by atoms with van der Waals surface area (Å²) >= 11 is 0. The van der Waals surface area contributed by atoms with E-state index in [2.05, 4.69) is 10.1 Å². The largest absolute Gasteiger partial charge is 0.573 e. The molecule has 0 saturated carbocycles. The Hall–Kier alpha value is -1.72. The molecule has 0 heterocycles. The molecule has 0 aliphatic carbocycles. The maximum Gasteiger partial charge on any atom is 0.573 e. The number of carbonyl (C=O) groups is 1. The van der Waals surface area contributed by atoms with Gasteiger partial charge in [-0.25, -0.2) is 0 Å². The fourth-order valence-electron chi connectivity index (χ4n) is 1.03. The number of amides is 1. The van der Waals surface area contributed by atoms with E-state index in [0.717, 1.165) is 6.07 Å². The maximum absolute atomic E-state index is 11.9. The second-order valence-corrected chi connectivity index (χ2v) is 2.81. The van der Waals surface area contributed by atoms with Crippen molar-refractivity contribution >= 4 is 12.1 Å². The van der Waals surface area contributed by atoms with Gasteiger partial charge in [0, 0.05) is 0 Å². The molecule has 0 spiro atoms. The van der Waals surface area contributed by atoms with Gasteiger partial charge in [0.1, 0.15) is 0 Å². The standard InChI is InChI=1S/C9H8F3NO2/c1-6-2-3-8(15-9(10,11)12)7(4-6)13-5-14/h2-5H,1H3,(H,13,14). The highest BCUT2D eigenvalue weighted by Crippen LogP contribution is 2.30. The van der Waals surface area contributed by atoms with Crippen LogP contribution in [0.3, 0.4) is 0 Å². The molecule has 1 aromatic carbocycles. The number of anilines is 1. The molecule has 0 aliphatic rings. The lowest BCUT2D eigenvalue weighted by Crippen LogP contribution is -2.18. The first kappa shape index (κ1) is 11.4. The number of hydrogen-bond acceptors (Lipinski definition) is 2. The van der Waals surface area contributed by atoms with E-state index in [1.165, 1.54) is 12.1 Å². The van der Waals surface area contributed by atoms with Crippen molar-refractivity contribution in [2.75, 3.05) is 5.32 Å². The normalized spacial score (nSPS) is 10.9. The van der Waals surface area contributed by atoms with Crippen molar-refractivity contribution in [1.82, 2.24) is 0 Å². The molecule has 0 unspecified atom stereocenters. The van der Waals surface area contributed by atoms with Crippen LogP contribution in [0.5, 0.6) is 5.75 Å². The van der Waals surface area contributed by atoms with Crippen molar-refractivity contribution in [3.63, 3.8) is 0 Å². The summed E-state index contributed by atoms with van der Waals surface area (Å²) in [6.07, 6.45) is -4.48. The van der Waals surface area contributed by atoms with Gasteiger partial charge in [-0.2, -0.15) is 0 Å². The minimum Gasteiger partial charge on any atom is -0.404 e. The maximum atomic E-state index is 11.9. The Morgan fingerprint density at radius 2 is 2.07 bits per heavy atom. The molecule has 0 bridgehead atoms. The Kier molecular flexibility index (Phi) is 3.18. The first-order chi connectivity index (χ1) is 6.92. The molecule has 0 radical (unpaired) electrons. The third kappa shape index (κ3) is 3.49. The first-order valence-corrected chi connectivity index (χ1v) is 3.99. The van der Waals surface area contributed by atoms with Crippen molar-refractivity contribution in [1.29, 1.82) is 0 Å².